The number of hydrogen-bond donors (Lipinski definition) is 2. The normalized spacial score (nSPS) is 15.4. The Morgan fingerprint density at radius 1 is 1.18 bits per heavy atom. The lowest BCUT2D eigenvalue weighted by molar-refractivity contribution is 0.288. The lowest BCUT2D eigenvalue weighted by atomic mass is 9.97. The van der Waals surface area contributed by atoms with Gasteiger partial charge in [-0.25, -0.2) is 0 Å². The zero-order chi connectivity index (χ0) is 12.3. The van der Waals surface area contributed by atoms with Gasteiger partial charge in [-0.2, -0.15) is 0 Å². The van der Waals surface area contributed by atoms with Gasteiger partial charge in [0.05, 0.1) is 4.47 Å². The lowest BCUT2D eigenvalue weighted by Crippen LogP contribution is -1.98. The third-order valence-corrected chi connectivity index (χ3v) is 4.34. The molecule has 0 unspecified atom stereocenters. The molecular formula is C14H19BrO2. The molecule has 0 aromatic heterocycles. The second-order valence-electron chi connectivity index (χ2n) is 4.72. The number of aryl methyl sites for hydroxylation is 2. The summed E-state index contributed by atoms with van der Waals surface area (Å²) in [6, 6.07) is 2.14. The summed E-state index contributed by atoms with van der Waals surface area (Å²) in [5.74, 6) is 0.374. The van der Waals surface area contributed by atoms with E-state index in [0.717, 1.165) is 29.3 Å². The van der Waals surface area contributed by atoms with E-state index in [0.29, 0.717) is 12.2 Å². The third kappa shape index (κ3) is 2.83. The molecule has 0 saturated carbocycles. The van der Waals surface area contributed by atoms with Crippen molar-refractivity contribution in [2.45, 2.75) is 44.9 Å². The Morgan fingerprint density at radius 2 is 1.94 bits per heavy atom. The summed E-state index contributed by atoms with van der Waals surface area (Å²) in [4.78, 5) is 0. The Labute approximate surface area is 111 Å². The molecule has 0 fully saturated rings. The summed E-state index contributed by atoms with van der Waals surface area (Å²) >= 11 is 3.53. The van der Waals surface area contributed by atoms with Crippen LogP contribution in [-0.2, 0) is 19.3 Å². The van der Waals surface area contributed by atoms with E-state index in [4.69, 9.17) is 5.11 Å². The van der Waals surface area contributed by atoms with E-state index in [1.807, 2.05) is 0 Å². The molecule has 2 rings (SSSR count). The summed E-state index contributed by atoms with van der Waals surface area (Å²) < 4.78 is 0.879. The van der Waals surface area contributed by atoms with Crippen molar-refractivity contribution in [1.82, 2.24) is 0 Å². The number of aliphatic hydroxyl groups is 1. The zero-order valence-corrected chi connectivity index (χ0v) is 11.6. The lowest BCUT2D eigenvalue weighted by Gasteiger charge is -2.14. The molecule has 94 valence electrons. The van der Waals surface area contributed by atoms with Crippen LogP contribution >= 0.6 is 15.9 Å². The van der Waals surface area contributed by atoms with Crippen molar-refractivity contribution in [3.8, 4) is 5.75 Å². The van der Waals surface area contributed by atoms with Crippen molar-refractivity contribution in [2.24, 2.45) is 0 Å². The number of fused-ring (bicyclic) bond motifs is 1. The first kappa shape index (κ1) is 12.9. The smallest absolute Gasteiger partial charge is 0.133 e. The summed E-state index contributed by atoms with van der Waals surface area (Å²) in [5.41, 5.74) is 3.62. The fraction of sp³-hybridized carbons (Fsp3) is 0.571. The fourth-order valence-electron chi connectivity index (χ4n) is 2.54. The van der Waals surface area contributed by atoms with Crippen molar-refractivity contribution >= 4 is 15.9 Å². The van der Waals surface area contributed by atoms with Gasteiger partial charge in [0.2, 0.25) is 0 Å². The SMILES string of the molecule is OCCCc1cc2c(c(Br)c1O)CCCCC2. The molecule has 17 heavy (non-hydrogen) atoms. The molecule has 0 atom stereocenters. The van der Waals surface area contributed by atoms with Gasteiger partial charge in [0.25, 0.3) is 0 Å². The Kier molecular flexibility index (Phi) is 4.46. The van der Waals surface area contributed by atoms with E-state index in [1.54, 1.807) is 0 Å². The highest BCUT2D eigenvalue weighted by atomic mass is 79.9. The molecular weight excluding hydrogens is 280 g/mol. The van der Waals surface area contributed by atoms with E-state index in [-0.39, 0.29) is 6.61 Å². The fourth-order valence-corrected chi connectivity index (χ4v) is 3.25. The predicted molar refractivity (Wildman–Crippen MR) is 72.5 cm³/mol. The number of phenolic OH excluding ortho intramolecular Hbond substituents is 1. The Morgan fingerprint density at radius 3 is 2.71 bits per heavy atom. The van der Waals surface area contributed by atoms with Crippen molar-refractivity contribution in [3.05, 3.63) is 27.2 Å². The molecule has 0 saturated heterocycles. The van der Waals surface area contributed by atoms with Crippen molar-refractivity contribution in [3.63, 3.8) is 0 Å². The third-order valence-electron chi connectivity index (χ3n) is 3.49. The van der Waals surface area contributed by atoms with Gasteiger partial charge in [0.15, 0.2) is 0 Å². The number of halogens is 1. The monoisotopic (exact) mass is 298 g/mol. The van der Waals surface area contributed by atoms with Gasteiger partial charge in [-0.05, 0) is 71.1 Å². The Balaban J connectivity index is 2.36. The molecule has 0 aliphatic heterocycles. The van der Waals surface area contributed by atoms with E-state index in [2.05, 4.69) is 22.0 Å². The molecule has 1 aromatic carbocycles. The topological polar surface area (TPSA) is 40.5 Å². The first-order chi connectivity index (χ1) is 8.24. The van der Waals surface area contributed by atoms with Crippen LogP contribution in [0.1, 0.15) is 42.4 Å². The first-order valence-electron chi connectivity index (χ1n) is 6.37. The number of phenols is 1. The van der Waals surface area contributed by atoms with Crippen LogP contribution in [0, 0.1) is 0 Å². The van der Waals surface area contributed by atoms with Crippen LogP contribution in [0.2, 0.25) is 0 Å². The maximum atomic E-state index is 10.1. The molecule has 1 aromatic rings. The molecule has 1 aliphatic carbocycles. The van der Waals surface area contributed by atoms with Crippen LogP contribution in [0.3, 0.4) is 0 Å². The maximum absolute atomic E-state index is 10.1. The molecule has 3 heteroatoms. The highest BCUT2D eigenvalue weighted by Crippen LogP contribution is 2.37. The predicted octanol–water partition coefficient (Wildman–Crippen LogP) is 3.35. The van der Waals surface area contributed by atoms with E-state index >= 15 is 0 Å². The molecule has 0 radical (unpaired) electrons. The van der Waals surface area contributed by atoms with Crippen LogP contribution in [0.25, 0.3) is 0 Å². The second kappa shape index (κ2) is 5.87. The van der Waals surface area contributed by atoms with Crippen LogP contribution < -0.4 is 0 Å². The highest BCUT2D eigenvalue weighted by molar-refractivity contribution is 9.10. The van der Waals surface area contributed by atoms with Crippen LogP contribution in [0.5, 0.6) is 5.75 Å². The number of aliphatic hydroxyl groups excluding tert-OH is 1. The molecule has 0 heterocycles. The molecule has 0 amide bonds. The minimum absolute atomic E-state index is 0.175. The summed E-state index contributed by atoms with van der Waals surface area (Å²) in [7, 11) is 0. The standard InChI is InChI=1S/C14H19BrO2/c15-13-12-7-3-1-2-5-10(12)9-11(14(13)17)6-4-8-16/h9,16-17H,1-8H2. The van der Waals surface area contributed by atoms with E-state index in [9.17, 15) is 5.11 Å². The van der Waals surface area contributed by atoms with Crippen LogP contribution in [-0.4, -0.2) is 16.8 Å². The summed E-state index contributed by atoms with van der Waals surface area (Å²) in [6.45, 7) is 0.175. The average Bonchev–Trinajstić information content (AvgIpc) is 2.57. The maximum Gasteiger partial charge on any atom is 0.133 e. The van der Waals surface area contributed by atoms with Crippen LogP contribution in [0.15, 0.2) is 10.5 Å². The minimum Gasteiger partial charge on any atom is -0.506 e. The Bertz CT molecular complexity index is 402. The summed E-state index contributed by atoms with van der Waals surface area (Å²) in [6.07, 6.45) is 7.34. The Hall–Kier alpha value is -0.540. The first-order valence-corrected chi connectivity index (χ1v) is 7.16. The van der Waals surface area contributed by atoms with Crippen molar-refractivity contribution < 1.29 is 10.2 Å². The van der Waals surface area contributed by atoms with E-state index < -0.39 is 0 Å². The number of rotatable bonds is 3. The van der Waals surface area contributed by atoms with Crippen molar-refractivity contribution in [2.75, 3.05) is 6.61 Å². The average molecular weight is 299 g/mol. The number of benzene rings is 1. The van der Waals surface area contributed by atoms with Gasteiger partial charge in [0, 0.05) is 6.61 Å². The van der Waals surface area contributed by atoms with Gasteiger partial charge < -0.3 is 10.2 Å². The quantitative estimate of drug-likeness (QED) is 0.840. The van der Waals surface area contributed by atoms with Gasteiger partial charge in [0.1, 0.15) is 5.75 Å². The van der Waals surface area contributed by atoms with Crippen molar-refractivity contribution in [1.29, 1.82) is 0 Å². The zero-order valence-electron chi connectivity index (χ0n) is 10.0. The highest BCUT2D eigenvalue weighted by Gasteiger charge is 2.17. The number of hydrogen-bond acceptors (Lipinski definition) is 2. The van der Waals surface area contributed by atoms with Gasteiger partial charge >= 0.3 is 0 Å². The molecule has 1 aliphatic rings. The minimum atomic E-state index is 0.175. The largest absolute Gasteiger partial charge is 0.506 e. The molecule has 2 nitrogen and oxygen atoms in total. The number of aromatic hydroxyl groups is 1. The van der Waals surface area contributed by atoms with Crippen LogP contribution in [0.4, 0.5) is 0 Å². The van der Waals surface area contributed by atoms with Gasteiger partial charge in [-0.15, -0.1) is 0 Å². The van der Waals surface area contributed by atoms with Gasteiger partial charge in [-0.1, -0.05) is 12.5 Å². The second-order valence-corrected chi connectivity index (χ2v) is 5.52. The van der Waals surface area contributed by atoms with E-state index in [1.165, 1.54) is 30.4 Å². The molecule has 0 bridgehead atoms. The molecule has 2 N–H and O–H groups in total. The summed E-state index contributed by atoms with van der Waals surface area (Å²) in [5, 5.41) is 19.0. The molecule has 0 spiro atoms. The van der Waals surface area contributed by atoms with Gasteiger partial charge in [-0.3, -0.25) is 0 Å².